The van der Waals surface area contributed by atoms with E-state index in [-0.39, 0.29) is 16.7 Å². The maximum Gasteiger partial charge on any atom is 0.257 e. The molecule has 0 bridgehead atoms. The van der Waals surface area contributed by atoms with Crippen LogP contribution in [0.3, 0.4) is 0 Å². The van der Waals surface area contributed by atoms with Gasteiger partial charge in [0, 0.05) is 38.4 Å². The quantitative estimate of drug-likeness (QED) is 0.552. The summed E-state index contributed by atoms with van der Waals surface area (Å²) in [5, 5.41) is 4.37. The Bertz CT molecular complexity index is 1370. The lowest BCUT2D eigenvalue weighted by Crippen LogP contribution is -2.38. The van der Waals surface area contributed by atoms with Crippen molar-refractivity contribution in [1.82, 2.24) is 18.8 Å². The molecule has 0 atom stereocenters. The largest absolute Gasteiger partial charge is 0.486 e. The highest BCUT2D eigenvalue weighted by Gasteiger charge is 2.31. The maximum atomic E-state index is 13.3. The first kappa shape index (κ1) is 22.4. The molecule has 6 rings (SSSR count). The van der Waals surface area contributed by atoms with Gasteiger partial charge in [-0.2, -0.15) is 9.40 Å². The Labute approximate surface area is 204 Å². The van der Waals surface area contributed by atoms with Crippen molar-refractivity contribution < 1.29 is 22.7 Å². The van der Waals surface area contributed by atoms with Gasteiger partial charge in [0.1, 0.15) is 13.2 Å². The maximum absolute atomic E-state index is 13.3. The summed E-state index contributed by atoms with van der Waals surface area (Å²) in [6.45, 7) is 3.34. The lowest BCUT2D eigenvalue weighted by atomic mass is 9.90. The Kier molecular flexibility index (Phi) is 5.64. The minimum Gasteiger partial charge on any atom is -0.486 e. The van der Waals surface area contributed by atoms with E-state index >= 15 is 0 Å². The zero-order chi connectivity index (χ0) is 24.0. The van der Waals surface area contributed by atoms with Crippen LogP contribution < -0.4 is 9.47 Å². The van der Waals surface area contributed by atoms with E-state index in [4.69, 9.17) is 9.47 Å². The summed E-state index contributed by atoms with van der Waals surface area (Å²) in [5.74, 6) is 1.30. The molecule has 3 aliphatic heterocycles. The molecule has 0 saturated carbocycles. The second-order valence-corrected chi connectivity index (χ2v) is 11.3. The van der Waals surface area contributed by atoms with E-state index in [0.29, 0.717) is 56.2 Å². The van der Waals surface area contributed by atoms with E-state index < -0.39 is 10.0 Å². The molecule has 5 heterocycles. The number of likely N-dealkylation sites (tertiary alicyclic amines) is 1. The van der Waals surface area contributed by atoms with Crippen LogP contribution in [0.4, 0.5) is 0 Å². The van der Waals surface area contributed by atoms with Gasteiger partial charge in [-0.3, -0.25) is 4.79 Å². The van der Waals surface area contributed by atoms with Crippen molar-refractivity contribution in [2.45, 2.75) is 36.5 Å². The zero-order valence-corrected chi connectivity index (χ0v) is 20.2. The minimum atomic E-state index is -3.62. The van der Waals surface area contributed by atoms with Crippen LogP contribution >= 0.6 is 0 Å². The normalized spacial score (nSPS) is 19.4. The molecular formula is C25H28N4O5S. The first-order valence-electron chi connectivity index (χ1n) is 12.2. The molecule has 35 heavy (non-hydrogen) atoms. The van der Waals surface area contributed by atoms with Crippen LogP contribution in [0.2, 0.25) is 0 Å². The fourth-order valence-electron chi connectivity index (χ4n) is 5.27. The third-order valence-electron chi connectivity index (χ3n) is 7.25. The molecule has 2 aromatic heterocycles. The van der Waals surface area contributed by atoms with Crippen LogP contribution in [0.1, 0.15) is 47.5 Å². The molecule has 10 heteroatoms. The Morgan fingerprint density at radius 2 is 1.69 bits per heavy atom. The number of aromatic nitrogens is 2. The average molecular weight is 497 g/mol. The number of piperidine rings is 1. The van der Waals surface area contributed by atoms with Crippen molar-refractivity contribution in [3.63, 3.8) is 0 Å². The zero-order valence-electron chi connectivity index (χ0n) is 19.4. The molecule has 3 aromatic rings. The van der Waals surface area contributed by atoms with Crippen LogP contribution in [0.15, 0.2) is 47.6 Å². The lowest BCUT2D eigenvalue weighted by Gasteiger charge is -2.31. The molecule has 0 aliphatic carbocycles. The number of rotatable bonds is 4. The standard InChI is InChI=1S/C25H28N4O5S/c30-25(27-8-1-2-9-27)21-17-26-29-12-7-19(15-22(21)29)18-5-10-28(11-6-18)35(31,32)20-3-4-23-24(16-20)34-14-13-33-23/h3-4,7,12,15-18H,1-2,5-6,8-11,13-14H2. The molecule has 3 aliphatic rings. The fourth-order valence-corrected chi connectivity index (χ4v) is 6.75. The first-order chi connectivity index (χ1) is 17.0. The summed E-state index contributed by atoms with van der Waals surface area (Å²) in [6.07, 6.45) is 7.06. The third kappa shape index (κ3) is 4.04. The van der Waals surface area contributed by atoms with Gasteiger partial charge in [-0.1, -0.05) is 0 Å². The number of nitrogens with zero attached hydrogens (tertiary/aromatic N) is 4. The fraction of sp³-hybridized carbons (Fsp3) is 0.440. The van der Waals surface area contributed by atoms with E-state index in [9.17, 15) is 13.2 Å². The van der Waals surface area contributed by atoms with Gasteiger partial charge in [-0.15, -0.1) is 0 Å². The molecule has 1 aromatic carbocycles. The summed E-state index contributed by atoms with van der Waals surface area (Å²) in [6, 6.07) is 8.88. The Morgan fingerprint density at radius 1 is 0.943 bits per heavy atom. The predicted molar refractivity (Wildman–Crippen MR) is 128 cm³/mol. The van der Waals surface area contributed by atoms with Crippen molar-refractivity contribution in [3.05, 3.63) is 53.9 Å². The topological polar surface area (TPSA) is 93.5 Å². The van der Waals surface area contributed by atoms with Crippen LogP contribution in [0.25, 0.3) is 5.52 Å². The van der Waals surface area contributed by atoms with Gasteiger partial charge < -0.3 is 14.4 Å². The van der Waals surface area contributed by atoms with Gasteiger partial charge in [0.2, 0.25) is 10.0 Å². The van der Waals surface area contributed by atoms with Gasteiger partial charge in [0.05, 0.1) is 22.2 Å². The van der Waals surface area contributed by atoms with Crippen LogP contribution in [-0.2, 0) is 10.0 Å². The Morgan fingerprint density at radius 3 is 2.46 bits per heavy atom. The number of fused-ring (bicyclic) bond motifs is 2. The molecule has 0 spiro atoms. The summed E-state index contributed by atoms with van der Waals surface area (Å²) in [4.78, 5) is 15.1. The SMILES string of the molecule is O=C(c1cnn2ccc(C3CCN(S(=O)(=O)c4ccc5c(c4)OCCO5)CC3)cc12)N1CCCC1. The Hall–Kier alpha value is -3.11. The van der Waals surface area contributed by atoms with Crippen LogP contribution in [0.5, 0.6) is 11.5 Å². The van der Waals surface area contributed by atoms with E-state index in [1.54, 1.807) is 33.2 Å². The lowest BCUT2D eigenvalue weighted by molar-refractivity contribution is 0.0794. The average Bonchev–Trinajstić information content (AvgIpc) is 3.58. The molecule has 2 saturated heterocycles. The van der Waals surface area contributed by atoms with Crippen molar-refractivity contribution in [1.29, 1.82) is 0 Å². The van der Waals surface area contributed by atoms with Gasteiger partial charge in [-0.05, 0) is 61.4 Å². The summed E-state index contributed by atoms with van der Waals surface area (Å²) >= 11 is 0. The second kappa shape index (κ2) is 8.83. The summed E-state index contributed by atoms with van der Waals surface area (Å²) in [7, 11) is -3.62. The van der Waals surface area contributed by atoms with E-state index in [0.717, 1.165) is 37.0 Å². The number of hydrogen-bond acceptors (Lipinski definition) is 6. The van der Waals surface area contributed by atoms with E-state index in [1.165, 1.54) is 0 Å². The van der Waals surface area contributed by atoms with Crippen molar-refractivity contribution in [2.75, 3.05) is 39.4 Å². The van der Waals surface area contributed by atoms with Crippen molar-refractivity contribution >= 4 is 21.4 Å². The molecule has 0 radical (unpaired) electrons. The number of benzene rings is 1. The second-order valence-electron chi connectivity index (χ2n) is 9.33. The van der Waals surface area contributed by atoms with Crippen LogP contribution in [0, 0.1) is 0 Å². The Balaban J connectivity index is 1.18. The molecule has 0 N–H and O–H groups in total. The van der Waals surface area contributed by atoms with Crippen molar-refractivity contribution in [2.24, 2.45) is 0 Å². The molecule has 9 nitrogen and oxygen atoms in total. The first-order valence-corrected chi connectivity index (χ1v) is 13.6. The number of carbonyl (C=O) groups is 1. The number of amides is 1. The highest BCUT2D eigenvalue weighted by Crippen LogP contribution is 2.35. The van der Waals surface area contributed by atoms with Crippen LogP contribution in [-0.4, -0.2) is 72.5 Å². The minimum absolute atomic E-state index is 0.0370. The molecule has 1 amide bonds. The molecular weight excluding hydrogens is 468 g/mol. The summed E-state index contributed by atoms with van der Waals surface area (Å²) in [5.41, 5.74) is 2.56. The van der Waals surface area contributed by atoms with Gasteiger partial charge in [-0.25, -0.2) is 12.9 Å². The van der Waals surface area contributed by atoms with E-state index in [2.05, 4.69) is 5.10 Å². The van der Waals surface area contributed by atoms with Gasteiger partial charge in [0.15, 0.2) is 11.5 Å². The predicted octanol–water partition coefficient (Wildman–Crippen LogP) is 2.91. The highest BCUT2D eigenvalue weighted by atomic mass is 32.2. The number of ether oxygens (including phenoxy) is 2. The molecule has 2 fully saturated rings. The number of sulfonamides is 1. The van der Waals surface area contributed by atoms with Gasteiger partial charge >= 0.3 is 0 Å². The van der Waals surface area contributed by atoms with E-state index in [1.807, 2.05) is 23.2 Å². The molecule has 0 unspecified atom stereocenters. The number of hydrogen-bond donors (Lipinski definition) is 0. The number of carbonyl (C=O) groups excluding carboxylic acids is 1. The third-order valence-corrected chi connectivity index (χ3v) is 9.14. The summed E-state index contributed by atoms with van der Waals surface area (Å²) < 4.78 is 40.9. The number of pyridine rings is 1. The molecule has 184 valence electrons. The highest BCUT2D eigenvalue weighted by molar-refractivity contribution is 7.89. The van der Waals surface area contributed by atoms with Gasteiger partial charge in [0.25, 0.3) is 5.91 Å². The monoisotopic (exact) mass is 496 g/mol. The van der Waals surface area contributed by atoms with Crippen molar-refractivity contribution in [3.8, 4) is 11.5 Å². The smallest absolute Gasteiger partial charge is 0.257 e.